The maximum atomic E-state index is 11.8. The third kappa shape index (κ3) is 3.92. The number of anilines is 1. The second-order valence-electron chi connectivity index (χ2n) is 5.25. The zero-order chi connectivity index (χ0) is 14.5. The maximum Gasteiger partial charge on any atom is 0.341 e. The van der Waals surface area contributed by atoms with E-state index in [1.54, 1.807) is 18.3 Å². The van der Waals surface area contributed by atoms with Gasteiger partial charge in [-0.3, -0.25) is 0 Å². The Labute approximate surface area is 114 Å². The van der Waals surface area contributed by atoms with Crippen molar-refractivity contribution in [2.24, 2.45) is 11.1 Å². The molecule has 5 nitrogen and oxygen atoms in total. The fraction of sp³-hybridized carbons (Fsp3) is 0.571. The molecule has 0 saturated carbocycles. The first-order chi connectivity index (χ1) is 8.95. The van der Waals surface area contributed by atoms with Crippen LogP contribution in [0.1, 0.15) is 31.1 Å². The lowest BCUT2D eigenvalue weighted by Gasteiger charge is -2.32. The highest BCUT2D eigenvalue weighted by atomic mass is 16.5. The van der Waals surface area contributed by atoms with E-state index in [0.29, 0.717) is 17.9 Å². The van der Waals surface area contributed by atoms with Crippen LogP contribution in [0.25, 0.3) is 0 Å². The highest BCUT2D eigenvalue weighted by Crippen LogP contribution is 2.23. The number of hydrogen-bond acceptors (Lipinski definition) is 5. The molecule has 19 heavy (non-hydrogen) atoms. The minimum absolute atomic E-state index is 0.0408. The Kier molecular flexibility index (Phi) is 5.30. The van der Waals surface area contributed by atoms with E-state index in [0.717, 1.165) is 13.1 Å². The monoisotopic (exact) mass is 265 g/mol. The summed E-state index contributed by atoms with van der Waals surface area (Å²) in [6, 6.07) is 3.46. The van der Waals surface area contributed by atoms with Crippen LogP contribution in [0.15, 0.2) is 18.3 Å². The molecule has 0 atom stereocenters. The molecule has 0 spiro atoms. The molecule has 0 radical (unpaired) electrons. The van der Waals surface area contributed by atoms with E-state index >= 15 is 0 Å². The Hall–Kier alpha value is -1.62. The van der Waals surface area contributed by atoms with Crippen LogP contribution >= 0.6 is 0 Å². The van der Waals surface area contributed by atoms with Crippen LogP contribution in [0.4, 0.5) is 5.82 Å². The fourth-order valence-corrected chi connectivity index (χ4v) is 1.84. The first kappa shape index (κ1) is 15.4. The number of nitrogens with two attached hydrogens (primary N) is 1. The Bertz CT molecular complexity index is 432. The van der Waals surface area contributed by atoms with Crippen LogP contribution < -0.4 is 10.6 Å². The number of aromatic nitrogens is 1. The molecule has 0 amide bonds. The zero-order valence-electron chi connectivity index (χ0n) is 12.1. The molecule has 0 aliphatic heterocycles. The van der Waals surface area contributed by atoms with Gasteiger partial charge in [0.25, 0.3) is 0 Å². The number of nitrogens with zero attached hydrogens (tertiary/aromatic N) is 2. The van der Waals surface area contributed by atoms with Crippen molar-refractivity contribution in [1.82, 2.24) is 4.98 Å². The normalized spacial score (nSPS) is 11.2. The van der Waals surface area contributed by atoms with Crippen LogP contribution in [0, 0.1) is 5.41 Å². The minimum Gasteiger partial charge on any atom is -0.465 e. The van der Waals surface area contributed by atoms with Gasteiger partial charge in [-0.2, -0.15) is 0 Å². The quantitative estimate of drug-likeness (QED) is 0.793. The number of rotatable bonds is 6. The van der Waals surface area contributed by atoms with Gasteiger partial charge in [-0.25, -0.2) is 9.78 Å². The van der Waals surface area contributed by atoms with Gasteiger partial charge in [-0.05, 0) is 31.0 Å². The van der Waals surface area contributed by atoms with Gasteiger partial charge in [0.1, 0.15) is 11.4 Å². The molecule has 5 heteroatoms. The summed E-state index contributed by atoms with van der Waals surface area (Å²) < 4.78 is 4.80. The van der Waals surface area contributed by atoms with E-state index in [1.807, 2.05) is 6.92 Å². The Morgan fingerprint density at radius 1 is 1.53 bits per heavy atom. The number of ether oxygens (including phenoxy) is 1. The molecule has 1 aromatic rings. The van der Waals surface area contributed by atoms with Gasteiger partial charge >= 0.3 is 5.97 Å². The number of hydrogen-bond donors (Lipinski definition) is 1. The summed E-state index contributed by atoms with van der Waals surface area (Å²) in [7, 11) is 1.37. The SMILES string of the molecule is CCN(CC(C)(C)CN)c1ncccc1C(=O)OC. The van der Waals surface area contributed by atoms with Crippen LogP contribution in [0.3, 0.4) is 0 Å². The van der Waals surface area contributed by atoms with E-state index in [9.17, 15) is 4.79 Å². The van der Waals surface area contributed by atoms with Crippen LogP contribution in [-0.4, -0.2) is 37.7 Å². The highest BCUT2D eigenvalue weighted by Gasteiger charge is 2.23. The largest absolute Gasteiger partial charge is 0.465 e. The molecular formula is C14H23N3O2. The average molecular weight is 265 g/mol. The molecular weight excluding hydrogens is 242 g/mol. The molecule has 0 unspecified atom stereocenters. The Balaban J connectivity index is 3.08. The summed E-state index contributed by atoms with van der Waals surface area (Å²) in [5.74, 6) is 0.283. The van der Waals surface area contributed by atoms with Crippen molar-refractivity contribution in [1.29, 1.82) is 0 Å². The average Bonchev–Trinajstić information content (AvgIpc) is 2.44. The van der Waals surface area contributed by atoms with Gasteiger partial charge in [0.05, 0.1) is 7.11 Å². The van der Waals surface area contributed by atoms with E-state index in [1.165, 1.54) is 7.11 Å². The van der Waals surface area contributed by atoms with Gasteiger partial charge in [0, 0.05) is 19.3 Å². The first-order valence-electron chi connectivity index (χ1n) is 6.43. The summed E-state index contributed by atoms with van der Waals surface area (Å²) in [6.45, 7) is 8.28. The van der Waals surface area contributed by atoms with Crippen LogP contribution in [0.2, 0.25) is 0 Å². The van der Waals surface area contributed by atoms with Crippen molar-refractivity contribution in [3.05, 3.63) is 23.9 Å². The Morgan fingerprint density at radius 2 is 2.21 bits per heavy atom. The lowest BCUT2D eigenvalue weighted by Crippen LogP contribution is -2.39. The van der Waals surface area contributed by atoms with Gasteiger partial charge < -0.3 is 15.4 Å². The van der Waals surface area contributed by atoms with Crippen LogP contribution in [-0.2, 0) is 4.74 Å². The first-order valence-corrected chi connectivity index (χ1v) is 6.43. The molecule has 0 saturated heterocycles. The summed E-state index contributed by atoms with van der Waals surface area (Å²) in [4.78, 5) is 18.2. The zero-order valence-corrected chi connectivity index (χ0v) is 12.1. The van der Waals surface area contributed by atoms with Gasteiger partial charge in [-0.15, -0.1) is 0 Å². The number of carbonyl (C=O) groups excluding carboxylic acids is 1. The summed E-state index contributed by atoms with van der Waals surface area (Å²) in [5.41, 5.74) is 6.22. The van der Waals surface area contributed by atoms with Crippen molar-refractivity contribution in [2.45, 2.75) is 20.8 Å². The second-order valence-corrected chi connectivity index (χ2v) is 5.25. The predicted molar refractivity (Wildman–Crippen MR) is 76.3 cm³/mol. The summed E-state index contributed by atoms with van der Waals surface area (Å²) in [5, 5.41) is 0. The number of carbonyl (C=O) groups is 1. The van der Waals surface area contributed by atoms with Gasteiger partial charge in [0.2, 0.25) is 0 Å². The van der Waals surface area contributed by atoms with E-state index < -0.39 is 0 Å². The molecule has 0 bridgehead atoms. The second kappa shape index (κ2) is 6.52. The van der Waals surface area contributed by atoms with Crippen molar-refractivity contribution in [2.75, 3.05) is 31.6 Å². The molecule has 2 N–H and O–H groups in total. The molecule has 1 aromatic heterocycles. The summed E-state index contributed by atoms with van der Waals surface area (Å²) >= 11 is 0. The lowest BCUT2D eigenvalue weighted by atomic mass is 9.93. The van der Waals surface area contributed by atoms with Crippen molar-refractivity contribution < 1.29 is 9.53 Å². The van der Waals surface area contributed by atoms with Crippen molar-refractivity contribution in [3.63, 3.8) is 0 Å². The number of methoxy groups -OCH3 is 1. The molecule has 0 aromatic carbocycles. The minimum atomic E-state index is -0.368. The molecule has 1 rings (SSSR count). The molecule has 0 fully saturated rings. The standard InChI is InChI=1S/C14H23N3O2/c1-5-17(10-14(2,3)9-15)12-11(13(18)19-4)7-6-8-16-12/h6-8H,5,9-10,15H2,1-4H3. The predicted octanol–water partition coefficient (Wildman–Crippen LogP) is 1.68. The summed E-state index contributed by atoms with van der Waals surface area (Å²) in [6.07, 6.45) is 1.68. The van der Waals surface area contributed by atoms with Gasteiger partial charge in [0.15, 0.2) is 0 Å². The third-order valence-electron chi connectivity index (χ3n) is 3.04. The molecule has 1 heterocycles. The highest BCUT2D eigenvalue weighted by molar-refractivity contribution is 5.94. The fourth-order valence-electron chi connectivity index (χ4n) is 1.84. The van der Waals surface area contributed by atoms with Gasteiger partial charge in [-0.1, -0.05) is 13.8 Å². The molecule has 0 aliphatic carbocycles. The third-order valence-corrected chi connectivity index (χ3v) is 3.04. The number of esters is 1. The number of pyridine rings is 1. The smallest absolute Gasteiger partial charge is 0.341 e. The lowest BCUT2D eigenvalue weighted by molar-refractivity contribution is 0.0601. The Morgan fingerprint density at radius 3 is 2.74 bits per heavy atom. The van der Waals surface area contributed by atoms with Crippen molar-refractivity contribution >= 4 is 11.8 Å². The maximum absolute atomic E-state index is 11.8. The topological polar surface area (TPSA) is 68.5 Å². The van der Waals surface area contributed by atoms with Crippen LogP contribution in [0.5, 0.6) is 0 Å². The molecule has 0 aliphatic rings. The van der Waals surface area contributed by atoms with E-state index in [2.05, 4.69) is 23.7 Å². The van der Waals surface area contributed by atoms with E-state index in [-0.39, 0.29) is 11.4 Å². The van der Waals surface area contributed by atoms with E-state index in [4.69, 9.17) is 10.5 Å². The van der Waals surface area contributed by atoms with Crippen molar-refractivity contribution in [3.8, 4) is 0 Å². The molecule has 106 valence electrons.